The van der Waals surface area contributed by atoms with Crippen LogP contribution >= 0.6 is 0 Å². The van der Waals surface area contributed by atoms with E-state index in [2.05, 4.69) is 0 Å². The highest BCUT2D eigenvalue weighted by molar-refractivity contribution is 4.77. The highest BCUT2D eigenvalue weighted by Crippen LogP contribution is 2.27. The van der Waals surface area contributed by atoms with Gasteiger partial charge in [0, 0.05) is 32.3 Å². The molecule has 0 aromatic carbocycles. The van der Waals surface area contributed by atoms with Crippen molar-refractivity contribution in [3.8, 4) is 0 Å². The molecule has 0 amide bonds. The first kappa shape index (κ1) is 13.7. The molecule has 0 aliphatic carbocycles. The van der Waals surface area contributed by atoms with E-state index < -0.39 is 12.1 Å². The van der Waals surface area contributed by atoms with Crippen molar-refractivity contribution in [1.29, 1.82) is 0 Å². The van der Waals surface area contributed by atoms with Crippen molar-refractivity contribution in [3.05, 3.63) is 0 Å². The minimum absolute atomic E-state index is 0.0231. The van der Waals surface area contributed by atoms with E-state index in [1.165, 1.54) is 0 Å². The number of ether oxygens (including phenoxy) is 1. The molecule has 1 saturated heterocycles. The molecule has 0 spiro atoms. The lowest BCUT2D eigenvalue weighted by molar-refractivity contribution is -0.177. The number of nitrogens with two attached hydrogens (primary N) is 1. The van der Waals surface area contributed by atoms with Crippen molar-refractivity contribution >= 4 is 0 Å². The number of hydrogen-bond donors (Lipinski definition) is 1. The van der Waals surface area contributed by atoms with E-state index in [0.717, 1.165) is 12.8 Å². The third-order valence-corrected chi connectivity index (χ3v) is 3.07. The highest BCUT2D eigenvalue weighted by Gasteiger charge is 2.39. The Labute approximate surface area is 93.7 Å². The molecule has 1 atom stereocenters. The van der Waals surface area contributed by atoms with Gasteiger partial charge in [-0.15, -0.1) is 0 Å². The molecule has 2 N–H and O–H groups in total. The van der Waals surface area contributed by atoms with E-state index in [-0.39, 0.29) is 19.1 Å². The number of rotatable bonds is 4. The maximum atomic E-state index is 12.5. The van der Waals surface area contributed by atoms with Crippen LogP contribution in [0, 0.1) is 5.92 Å². The minimum Gasteiger partial charge on any atom is -0.381 e. The van der Waals surface area contributed by atoms with Gasteiger partial charge in [-0.1, -0.05) is 0 Å². The van der Waals surface area contributed by atoms with Crippen LogP contribution in [-0.2, 0) is 4.74 Å². The molecule has 0 aromatic heterocycles. The molecule has 96 valence electrons. The molecular weight excluding hydrogens is 221 g/mol. The van der Waals surface area contributed by atoms with Gasteiger partial charge in [-0.2, -0.15) is 13.2 Å². The zero-order valence-corrected chi connectivity index (χ0v) is 9.46. The van der Waals surface area contributed by atoms with Crippen molar-refractivity contribution in [2.24, 2.45) is 11.7 Å². The Bertz CT molecular complexity index is 205. The van der Waals surface area contributed by atoms with Gasteiger partial charge in [0.1, 0.15) is 0 Å². The van der Waals surface area contributed by atoms with Gasteiger partial charge in [-0.25, -0.2) is 0 Å². The SMILES string of the molecule is CN(CC(CN)C(F)(F)F)C1CCOCC1. The Kier molecular flexibility index (Phi) is 5.01. The Morgan fingerprint density at radius 2 is 1.94 bits per heavy atom. The van der Waals surface area contributed by atoms with Gasteiger partial charge in [0.2, 0.25) is 0 Å². The molecule has 1 aliphatic rings. The summed E-state index contributed by atoms with van der Waals surface area (Å²) in [4.78, 5) is 1.76. The van der Waals surface area contributed by atoms with Gasteiger partial charge in [0.25, 0.3) is 0 Å². The average Bonchev–Trinajstić information content (AvgIpc) is 2.25. The Balaban J connectivity index is 2.44. The van der Waals surface area contributed by atoms with Crippen molar-refractivity contribution in [3.63, 3.8) is 0 Å². The third kappa shape index (κ3) is 3.92. The molecule has 1 aliphatic heterocycles. The molecule has 1 fully saturated rings. The van der Waals surface area contributed by atoms with Gasteiger partial charge in [-0.3, -0.25) is 0 Å². The Morgan fingerprint density at radius 3 is 2.38 bits per heavy atom. The summed E-state index contributed by atoms with van der Waals surface area (Å²) in [5.41, 5.74) is 5.17. The van der Waals surface area contributed by atoms with E-state index in [1.54, 1.807) is 11.9 Å². The lowest BCUT2D eigenvalue weighted by Gasteiger charge is -2.33. The summed E-state index contributed by atoms with van der Waals surface area (Å²) in [6.07, 6.45) is -2.61. The number of nitrogens with zero attached hydrogens (tertiary/aromatic N) is 1. The van der Waals surface area contributed by atoms with Crippen LogP contribution < -0.4 is 5.73 Å². The predicted octanol–water partition coefficient (Wildman–Crippen LogP) is 1.23. The normalized spacial score (nSPS) is 21.4. The zero-order valence-electron chi connectivity index (χ0n) is 9.46. The van der Waals surface area contributed by atoms with Crippen LogP contribution in [0.4, 0.5) is 13.2 Å². The van der Waals surface area contributed by atoms with Gasteiger partial charge >= 0.3 is 6.18 Å². The summed E-state index contributed by atoms with van der Waals surface area (Å²) in [5, 5.41) is 0. The van der Waals surface area contributed by atoms with Crippen LogP contribution in [0.15, 0.2) is 0 Å². The first-order valence-corrected chi connectivity index (χ1v) is 5.50. The fourth-order valence-electron chi connectivity index (χ4n) is 1.93. The van der Waals surface area contributed by atoms with Crippen LogP contribution in [0.3, 0.4) is 0 Å². The maximum Gasteiger partial charge on any atom is 0.394 e. The van der Waals surface area contributed by atoms with Gasteiger partial charge in [-0.05, 0) is 19.9 Å². The zero-order chi connectivity index (χ0) is 12.2. The molecule has 0 bridgehead atoms. The standard InChI is InChI=1S/C10H19F3N2O/c1-15(9-2-4-16-5-3-9)7-8(6-14)10(11,12)13/h8-9H,2-7,14H2,1H3. The van der Waals surface area contributed by atoms with E-state index in [9.17, 15) is 13.2 Å². The molecule has 0 aromatic rings. The second-order valence-corrected chi connectivity index (χ2v) is 4.26. The van der Waals surface area contributed by atoms with Crippen molar-refractivity contribution < 1.29 is 17.9 Å². The number of hydrogen-bond acceptors (Lipinski definition) is 3. The fraction of sp³-hybridized carbons (Fsp3) is 1.00. The molecule has 1 heterocycles. The van der Waals surface area contributed by atoms with Crippen LogP contribution in [0.1, 0.15) is 12.8 Å². The van der Waals surface area contributed by atoms with Crippen molar-refractivity contribution in [1.82, 2.24) is 4.90 Å². The summed E-state index contributed by atoms with van der Waals surface area (Å²) in [6.45, 7) is 0.893. The summed E-state index contributed by atoms with van der Waals surface area (Å²) >= 11 is 0. The van der Waals surface area contributed by atoms with E-state index >= 15 is 0 Å². The lowest BCUT2D eigenvalue weighted by atomic mass is 10.0. The molecule has 0 radical (unpaired) electrons. The first-order valence-electron chi connectivity index (χ1n) is 5.50. The Hall–Kier alpha value is -0.330. The van der Waals surface area contributed by atoms with E-state index in [0.29, 0.717) is 13.2 Å². The second-order valence-electron chi connectivity index (χ2n) is 4.26. The minimum atomic E-state index is -4.20. The average molecular weight is 240 g/mol. The molecule has 16 heavy (non-hydrogen) atoms. The summed E-state index contributed by atoms with van der Waals surface area (Å²) in [5.74, 6) is -1.43. The fourth-order valence-corrected chi connectivity index (χ4v) is 1.93. The van der Waals surface area contributed by atoms with E-state index in [4.69, 9.17) is 10.5 Å². The number of alkyl halides is 3. The summed E-state index contributed by atoms with van der Waals surface area (Å²) < 4.78 is 42.7. The molecule has 0 saturated carbocycles. The predicted molar refractivity (Wildman–Crippen MR) is 55.1 cm³/mol. The topological polar surface area (TPSA) is 38.5 Å². The largest absolute Gasteiger partial charge is 0.394 e. The van der Waals surface area contributed by atoms with Gasteiger partial charge < -0.3 is 15.4 Å². The molecular formula is C10H19F3N2O. The van der Waals surface area contributed by atoms with E-state index in [1.807, 2.05) is 0 Å². The molecule has 6 heteroatoms. The lowest BCUT2D eigenvalue weighted by Crippen LogP contribution is -2.45. The third-order valence-electron chi connectivity index (χ3n) is 3.07. The van der Waals surface area contributed by atoms with Gasteiger partial charge in [0.05, 0.1) is 5.92 Å². The van der Waals surface area contributed by atoms with Crippen LogP contribution in [0.2, 0.25) is 0 Å². The highest BCUT2D eigenvalue weighted by atomic mass is 19.4. The van der Waals surface area contributed by atoms with Gasteiger partial charge in [0.15, 0.2) is 0 Å². The summed E-state index contributed by atoms with van der Waals surface area (Å²) in [6, 6.07) is 0.185. The number of halogens is 3. The maximum absolute atomic E-state index is 12.5. The molecule has 1 unspecified atom stereocenters. The van der Waals surface area contributed by atoms with Crippen LogP contribution in [-0.4, -0.2) is 50.5 Å². The van der Waals surface area contributed by atoms with Crippen molar-refractivity contribution in [2.75, 3.05) is 33.4 Å². The van der Waals surface area contributed by atoms with Crippen LogP contribution in [0.5, 0.6) is 0 Å². The summed E-state index contributed by atoms with van der Waals surface area (Å²) in [7, 11) is 1.73. The second kappa shape index (κ2) is 5.84. The first-order chi connectivity index (χ1) is 7.45. The van der Waals surface area contributed by atoms with Crippen LogP contribution in [0.25, 0.3) is 0 Å². The Morgan fingerprint density at radius 1 is 1.38 bits per heavy atom. The quantitative estimate of drug-likeness (QED) is 0.803. The molecule has 3 nitrogen and oxygen atoms in total. The van der Waals surface area contributed by atoms with Crippen molar-refractivity contribution in [2.45, 2.75) is 25.1 Å². The smallest absolute Gasteiger partial charge is 0.381 e. The monoisotopic (exact) mass is 240 g/mol. The molecule has 1 rings (SSSR count).